The van der Waals surface area contributed by atoms with Gasteiger partial charge < -0.3 is 19.0 Å². The van der Waals surface area contributed by atoms with Gasteiger partial charge in [-0.25, -0.2) is 9.97 Å². The lowest BCUT2D eigenvalue weighted by Crippen LogP contribution is -2.26. The van der Waals surface area contributed by atoms with E-state index in [2.05, 4.69) is 15.3 Å². The van der Waals surface area contributed by atoms with E-state index in [0.717, 1.165) is 16.8 Å². The molecule has 2 atom stereocenters. The van der Waals surface area contributed by atoms with Crippen molar-refractivity contribution in [1.29, 1.82) is 0 Å². The Hall–Kier alpha value is -2.97. The van der Waals surface area contributed by atoms with Crippen LogP contribution < -0.4 is 5.32 Å². The van der Waals surface area contributed by atoms with Crippen molar-refractivity contribution < 1.29 is 13.9 Å². The number of imidazole rings is 1. The number of hydrogen-bond donors (Lipinski definition) is 1. The summed E-state index contributed by atoms with van der Waals surface area (Å²) in [6.07, 6.45) is 3.89. The van der Waals surface area contributed by atoms with Gasteiger partial charge in [0.2, 0.25) is 5.91 Å². The molecule has 28 heavy (non-hydrogen) atoms. The van der Waals surface area contributed by atoms with Crippen molar-refractivity contribution in [2.75, 3.05) is 11.9 Å². The molecule has 1 N–H and O–H groups in total. The molecule has 7 nitrogen and oxygen atoms in total. The number of rotatable bonds is 4. The number of carbonyl (C=O) groups excluding carboxylic acids is 1. The fraction of sp³-hybridized carbons (Fsp3) is 0.250. The highest BCUT2D eigenvalue weighted by Gasteiger charge is 2.37. The molecule has 142 valence electrons. The molecule has 0 bridgehead atoms. The number of aryl methyl sites for hydroxylation is 1. The maximum atomic E-state index is 12.8. The Labute approximate surface area is 165 Å². The molecule has 1 saturated heterocycles. The molecule has 8 heteroatoms. The van der Waals surface area contributed by atoms with Gasteiger partial charge >= 0.3 is 0 Å². The number of hydrogen-bond acceptors (Lipinski definition) is 6. The third-order valence-electron chi connectivity index (χ3n) is 4.95. The predicted octanol–water partition coefficient (Wildman–Crippen LogP) is 4.01. The molecular weight excluding hydrogens is 376 g/mol. The summed E-state index contributed by atoms with van der Waals surface area (Å²) in [5.74, 6) is 1.06. The molecule has 0 radical (unpaired) electrons. The maximum absolute atomic E-state index is 12.8. The first kappa shape index (κ1) is 17.2. The number of amides is 1. The second-order valence-electron chi connectivity index (χ2n) is 6.76. The van der Waals surface area contributed by atoms with Crippen molar-refractivity contribution in [3.05, 3.63) is 53.9 Å². The molecule has 1 aliphatic rings. The second kappa shape index (κ2) is 6.88. The number of carbonyl (C=O) groups is 1. The summed E-state index contributed by atoms with van der Waals surface area (Å²) in [6, 6.07) is 9.78. The molecule has 1 amide bonds. The first-order chi connectivity index (χ1) is 13.7. The largest absolute Gasteiger partial charge is 0.454 e. The standard InChI is InChI=1S/C20H18N4O3S/c1-24-8-7-21-18(24)17-13(6-9-26-17)19(25)23-20-22-14(11-28-20)16-10-12-4-2-3-5-15(12)27-16/h2-5,7-8,10-11,13,17H,6,9H2,1H3,(H,22,23,25)/t13-,17-/m1/s1. The third kappa shape index (κ3) is 3.00. The molecule has 3 aromatic heterocycles. The van der Waals surface area contributed by atoms with Crippen molar-refractivity contribution in [2.45, 2.75) is 12.5 Å². The molecule has 1 aromatic carbocycles. The topological polar surface area (TPSA) is 82.2 Å². The van der Waals surface area contributed by atoms with Crippen molar-refractivity contribution in [2.24, 2.45) is 13.0 Å². The van der Waals surface area contributed by atoms with Gasteiger partial charge in [0.15, 0.2) is 10.9 Å². The van der Waals surface area contributed by atoms with E-state index in [1.165, 1.54) is 11.3 Å². The number of anilines is 1. The van der Waals surface area contributed by atoms with Crippen LogP contribution in [-0.4, -0.2) is 27.0 Å². The van der Waals surface area contributed by atoms with E-state index >= 15 is 0 Å². The molecule has 1 aliphatic heterocycles. The van der Waals surface area contributed by atoms with Crippen LogP contribution in [0, 0.1) is 5.92 Å². The van der Waals surface area contributed by atoms with Crippen LogP contribution >= 0.6 is 11.3 Å². The summed E-state index contributed by atoms with van der Waals surface area (Å²) in [7, 11) is 1.90. The lowest BCUT2D eigenvalue weighted by molar-refractivity contribution is -0.121. The van der Waals surface area contributed by atoms with Gasteiger partial charge in [0, 0.05) is 36.8 Å². The zero-order valence-corrected chi connectivity index (χ0v) is 16.0. The van der Waals surface area contributed by atoms with Crippen LogP contribution in [0.5, 0.6) is 0 Å². The van der Waals surface area contributed by atoms with Gasteiger partial charge in [-0.15, -0.1) is 11.3 Å². The smallest absolute Gasteiger partial charge is 0.232 e. The Morgan fingerprint density at radius 2 is 2.25 bits per heavy atom. The van der Waals surface area contributed by atoms with E-state index in [1.807, 2.05) is 53.5 Å². The zero-order valence-electron chi connectivity index (χ0n) is 15.2. The normalized spacial score (nSPS) is 19.3. The Morgan fingerprint density at radius 3 is 3.07 bits per heavy atom. The number of benzene rings is 1. The van der Waals surface area contributed by atoms with Crippen LogP contribution in [-0.2, 0) is 16.6 Å². The molecule has 5 rings (SSSR count). The Kier molecular flexibility index (Phi) is 4.22. The number of para-hydroxylation sites is 1. The number of fused-ring (bicyclic) bond motifs is 1. The number of thiazole rings is 1. The fourth-order valence-electron chi connectivity index (χ4n) is 3.51. The summed E-state index contributed by atoms with van der Waals surface area (Å²) in [4.78, 5) is 21.7. The van der Waals surface area contributed by atoms with E-state index in [9.17, 15) is 4.79 Å². The van der Waals surface area contributed by atoms with Crippen LogP contribution in [0.1, 0.15) is 18.3 Å². The zero-order chi connectivity index (χ0) is 19.1. The lowest BCUT2D eigenvalue weighted by atomic mass is 10.00. The SMILES string of the molecule is Cn1ccnc1[C@@H]1OCC[C@H]1C(=O)Nc1nc(-c2cc3ccccc3o2)cs1. The van der Waals surface area contributed by atoms with E-state index in [4.69, 9.17) is 9.15 Å². The first-order valence-corrected chi connectivity index (χ1v) is 9.91. The van der Waals surface area contributed by atoms with Crippen molar-refractivity contribution in [1.82, 2.24) is 14.5 Å². The van der Waals surface area contributed by atoms with Crippen LogP contribution in [0.15, 0.2) is 52.5 Å². The number of furan rings is 1. The quantitative estimate of drug-likeness (QED) is 0.566. The van der Waals surface area contributed by atoms with Gasteiger partial charge in [-0.1, -0.05) is 18.2 Å². The summed E-state index contributed by atoms with van der Waals surface area (Å²) in [5.41, 5.74) is 1.52. The maximum Gasteiger partial charge on any atom is 0.232 e. The van der Waals surface area contributed by atoms with E-state index in [0.29, 0.717) is 29.6 Å². The highest BCUT2D eigenvalue weighted by molar-refractivity contribution is 7.14. The summed E-state index contributed by atoms with van der Waals surface area (Å²) >= 11 is 1.38. The monoisotopic (exact) mass is 394 g/mol. The second-order valence-corrected chi connectivity index (χ2v) is 7.62. The Bertz CT molecular complexity index is 1110. The minimum Gasteiger partial charge on any atom is -0.454 e. The number of ether oxygens (including phenoxy) is 1. The van der Waals surface area contributed by atoms with Gasteiger partial charge in [-0.05, 0) is 18.6 Å². The molecule has 1 fully saturated rings. The van der Waals surface area contributed by atoms with Gasteiger partial charge in [0.05, 0.1) is 5.92 Å². The molecule has 0 aliphatic carbocycles. The summed E-state index contributed by atoms with van der Waals surface area (Å²) in [6.45, 7) is 0.539. The lowest BCUT2D eigenvalue weighted by Gasteiger charge is -2.17. The van der Waals surface area contributed by atoms with Crippen molar-refractivity contribution >= 4 is 33.3 Å². The summed E-state index contributed by atoms with van der Waals surface area (Å²) < 4.78 is 13.5. The average molecular weight is 394 g/mol. The van der Waals surface area contributed by atoms with Gasteiger partial charge in [-0.3, -0.25) is 4.79 Å². The fourth-order valence-corrected chi connectivity index (χ4v) is 4.22. The number of nitrogens with one attached hydrogen (secondary N) is 1. The van der Waals surface area contributed by atoms with Crippen LogP contribution in [0.25, 0.3) is 22.4 Å². The highest BCUT2D eigenvalue weighted by atomic mass is 32.1. The third-order valence-corrected chi connectivity index (χ3v) is 5.71. The minimum atomic E-state index is -0.338. The van der Waals surface area contributed by atoms with E-state index in [-0.39, 0.29) is 17.9 Å². The molecule has 0 unspecified atom stereocenters. The first-order valence-electron chi connectivity index (χ1n) is 9.03. The van der Waals surface area contributed by atoms with Crippen molar-refractivity contribution in [3.63, 3.8) is 0 Å². The van der Waals surface area contributed by atoms with E-state index < -0.39 is 0 Å². The van der Waals surface area contributed by atoms with E-state index in [1.54, 1.807) is 6.20 Å². The van der Waals surface area contributed by atoms with Crippen LogP contribution in [0.4, 0.5) is 5.13 Å². The van der Waals surface area contributed by atoms with Crippen molar-refractivity contribution in [3.8, 4) is 11.5 Å². The Morgan fingerprint density at radius 1 is 1.36 bits per heavy atom. The van der Waals surface area contributed by atoms with Crippen LogP contribution in [0.3, 0.4) is 0 Å². The van der Waals surface area contributed by atoms with Gasteiger partial charge in [0.1, 0.15) is 23.2 Å². The minimum absolute atomic E-state index is 0.101. The van der Waals surface area contributed by atoms with Crippen LogP contribution in [0.2, 0.25) is 0 Å². The predicted molar refractivity (Wildman–Crippen MR) is 106 cm³/mol. The summed E-state index contributed by atoms with van der Waals surface area (Å²) in [5, 5.41) is 6.38. The Balaban J connectivity index is 1.34. The highest BCUT2D eigenvalue weighted by Crippen LogP contribution is 2.35. The molecular formula is C20H18N4O3S. The number of nitrogens with zero attached hydrogens (tertiary/aromatic N) is 3. The van der Waals surface area contributed by atoms with Gasteiger partial charge in [0.25, 0.3) is 0 Å². The molecule has 0 spiro atoms. The number of aromatic nitrogens is 3. The molecule has 4 heterocycles. The van der Waals surface area contributed by atoms with Gasteiger partial charge in [-0.2, -0.15) is 0 Å². The molecule has 0 saturated carbocycles. The average Bonchev–Trinajstić information content (AvgIpc) is 3.47. The molecule has 4 aromatic rings.